The largest absolute Gasteiger partial charge is 0.446 e. The second kappa shape index (κ2) is 5.95. The number of rotatable bonds is 4. The first-order valence-corrected chi connectivity index (χ1v) is 6.86. The molecular formula is C13H22N4O2. The lowest BCUT2D eigenvalue weighted by atomic mass is 10.0. The zero-order valence-corrected chi connectivity index (χ0v) is 11.5. The number of ether oxygens (including phenoxy) is 1. The van der Waals surface area contributed by atoms with Crippen molar-refractivity contribution < 1.29 is 9.53 Å². The maximum absolute atomic E-state index is 11.6. The number of anilines is 1. The number of carbonyl (C=O) groups is 1. The summed E-state index contributed by atoms with van der Waals surface area (Å²) < 4.78 is 5.43. The fourth-order valence-corrected chi connectivity index (χ4v) is 2.38. The predicted molar refractivity (Wildman–Crippen MR) is 72.7 cm³/mol. The zero-order valence-electron chi connectivity index (χ0n) is 11.5. The van der Waals surface area contributed by atoms with Crippen LogP contribution in [0.4, 0.5) is 10.6 Å². The summed E-state index contributed by atoms with van der Waals surface area (Å²) in [6, 6.07) is 2.00. The monoisotopic (exact) mass is 266 g/mol. The average Bonchev–Trinajstić information content (AvgIpc) is 2.97. The number of nitrogen functional groups attached to an aromatic ring is 1. The third-order valence-corrected chi connectivity index (χ3v) is 3.69. The predicted octanol–water partition coefficient (Wildman–Crippen LogP) is 2.15. The van der Waals surface area contributed by atoms with Crippen LogP contribution in [0.3, 0.4) is 0 Å². The minimum Gasteiger partial charge on any atom is -0.446 e. The molecule has 1 heterocycles. The Kier molecular flexibility index (Phi) is 4.29. The maximum atomic E-state index is 11.6. The van der Waals surface area contributed by atoms with Gasteiger partial charge >= 0.3 is 6.09 Å². The molecule has 1 aliphatic carbocycles. The van der Waals surface area contributed by atoms with Gasteiger partial charge in [0.05, 0.1) is 0 Å². The number of nitrogens with zero attached hydrogens (tertiary/aromatic N) is 1. The van der Waals surface area contributed by atoms with E-state index in [1.165, 1.54) is 0 Å². The van der Waals surface area contributed by atoms with Gasteiger partial charge < -0.3 is 15.8 Å². The van der Waals surface area contributed by atoms with Gasteiger partial charge in [-0.05, 0) is 32.6 Å². The summed E-state index contributed by atoms with van der Waals surface area (Å²) in [6.07, 6.45) is 3.27. The van der Waals surface area contributed by atoms with E-state index >= 15 is 0 Å². The molecule has 0 bridgehead atoms. The van der Waals surface area contributed by atoms with Gasteiger partial charge in [-0.25, -0.2) is 4.79 Å². The van der Waals surface area contributed by atoms with Crippen LogP contribution in [0.5, 0.6) is 0 Å². The number of aromatic nitrogens is 2. The van der Waals surface area contributed by atoms with Crippen LogP contribution in [0.25, 0.3) is 0 Å². The lowest BCUT2D eigenvalue weighted by molar-refractivity contribution is 0.0974. The van der Waals surface area contributed by atoms with E-state index in [-0.39, 0.29) is 18.2 Å². The number of aromatic amines is 1. The van der Waals surface area contributed by atoms with Crippen molar-refractivity contribution in [3.05, 3.63) is 11.8 Å². The molecule has 0 aliphatic heterocycles. The van der Waals surface area contributed by atoms with E-state index in [9.17, 15) is 4.79 Å². The summed E-state index contributed by atoms with van der Waals surface area (Å²) in [4.78, 5) is 11.6. The highest BCUT2D eigenvalue weighted by atomic mass is 16.6. The molecule has 106 valence electrons. The van der Waals surface area contributed by atoms with Crippen molar-refractivity contribution in [1.29, 1.82) is 0 Å². The number of amides is 1. The SMILES string of the molecule is CC[C@H](C)NC(=O)O[C@H]1CC[C@@H](c2cc(N)n[nH]2)C1. The Morgan fingerprint density at radius 2 is 2.47 bits per heavy atom. The summed E-state index contributed by atoms with van der Waals surface area (Å²) in [6.45, 7) is 3.99. The second-order valence-electron chi connectivity index (χ2n) is 5.24. The van der Waals surface area contributed by atoms with Crippen LogP contribution in [0.15, 0.2) is 6.07 Å². The quantitative estimate of drug-likeness (QED) is 0.778. The van der Waals surface area contributed by atoms with Gasteiger partial charge in [0.25, 0.3) is 0 Å². The van der Waals surface area contributed by atoms with E-state index in [0.717, 1.165) is 31.4 Å². The maximum Gasteiger partial charge on any atom is 0.407 e. The smallest absolute Gasteiger partial charge is 0.407 e. The average molecular weight is 266 g/mol. The van der Waals surface area contributed by atoms with Gasteiger partial charge in [-0.15, -0.1) is 0 Å². The molecule has 4 N–H and O–H groups in total. The van der Waals surface area contributed by atoms with Gasteiger partial charge in [-0.2, -0.15) is 5.10 Å². The molecule has 6 nitrogen and oxygen atoms in total. The Balaban J connectivity index is 1.80. The van der Waals surface area contributed by atoms with Crippen molar-refractivity contribution in [2.24, 2.45) is 0 Å². The number of alkyl carbamates (subject to hydrolysis) is 1. The van der Waals surface area contributed by atoms with E-state index in [1.807, 2.05) is 19.9 Å². The van der Waals surface area contributed by atoms with Gasteiger partial charge in [0.2, 0.25) is 0 Å². The first kappa shape index (κ1) is 13.7. The molecule has 1 aromatic rings. The Hall–Kier alpha value is -1.72. The zero-order chi connectivity index (χ0) is 13.8. The van der Waals surface area contributed by atoms with Crippen molar-refractivity contribution in [2.45, 2.75) is 57.6 Å². The van der Waals surface area contributed by atoms with Crippen molar-refractivity contribution in [3.8, 4) is 0 Å². The molecule has 0 aromatic carbocycles. The van der Waals surface area contributed by atoms with E-state index in [2.05, 4.69) is 15.5 Å². The summed E-state index contributed by atoms with van der Waals surface area (Å²) in [5.41, 5.74) is 6.63. The van der Waals surface area contributed by atoms with Gasteiger partial charge in [0.1, 0.15) is 11.9 Å². The highest BCUT2D eigenvalue weighted by Crippen LogP contribution is 2.35. The molecule has 1 amide bonds. The lowest BCUT2D eigenvalue weighted by Gasteiger charge is -2.16. The molecule has 1 fully saturated rings. The summed E-state index contributed by atoms with van der Waals surface area (Å²) in [7, 11) is 0. The second-order valence-corrected chi connectivity index (χ2v) is 5.24. The van der Waals surface area contributed by atoms with E-state index in [0.29, 0.717) is 11.7 Å². The van der Waals surface area contributed by atoms with Crippen LogP contribution in [-0.2, 0) is 4.74 Å². The van der Waals surface area contributed by atoms with Crippen molar-refractivity contribution in [2.75, 3.05) is 5.73 Å². The summed E-state index contributed by atoms with van der Waals surface area (Å²) in [5, 5.41) is 9.68. The highest BCUT2D eigenvalue weighted by Gasteiger charge is 2.29. The van der Waals surface area contributed by atoms with Crippen LogP contribution >= 0.6 is 0 Å². The molecule has 2 rings (SSSR count). The topological polar surface area (TPSA) is 93.0 Å². The molecule has 1 saturated carbocycles. The third-order valence-electron chi connectivity index (χ3n) is 3.69. The molecule has 0 radical (unpaired) electrons. The molecule has 19 heavy (non-hydrogen) atoms. The minimum absolute atomic E-state index is 0.0152. The summed E-state index contributed by atoms with van der Waals surface area (Å²) in [5.74, 6) is 0.861. The Labute approximate surface area is 113 Å². The fourth-order valence-electron chi connectivity index (χ4n) is 2.38. The molecule has 0 spiro atoms. The van der Waals surface area contributed by atoms with Gasteiger partial charge in [-0.3, -0.25) is 5.10 Å². The van der Waals surface area contributed by atoms with E-state index < -0.39 is 0 Å². The molecule has 6 heteroatoms. The molecule has 1 aliphatic rings. The van der Waals surface area contributed by atoms with Crippen LogP contribution < -0.4 is 11.1 Å². The number of H-pyrrole nitrogens is 1. The van der Waals surface area contributed by atoms with Crippen molar-refractivity contribution in [3.63, 3.8) is 0 Å². The number of hydrogen-bond donors (Lipinski definition) is 3. The normalized spacial score (nSPS) is 24.1. The molecule has 0 saturated heterocycles. The van der Waals surface area contributed by atoms with E-state index in [1.54, 1.807) is 0 Å². The van der Waals surface area contributed by atoms with Crippen LogP contribution in [0.1, 0.15) is 51.1 Å². The van der Waals surface area contributed by atoms with Gasteiger partial charge in [0.15, 0.2) is 0 Å². The number of hydrogen-bond acceptors (Lipinski definition) is 4. The Morgan fingerprint density at radius 1 is 1.68 bits per heavy atom. The van der Waals surface area contributed by atoms with Crippen LogP contribution in [0, 0.1) is 0 Å². The lowest BCUT2D eigenvalue weighted by Crippen LogP contribution is -2.34. The summed E-state index contributed by atoms with van der Waals surface area (Å²) >= 11 is 0. The first-order valence-electron chi connectivity index (χ1n) is 6.86. The first-order chi connectivity index (χ1) is 9.08. The molecule has 1 aromatic heterocycles. The Bertz CT molecular complexity index is 432. The number of nitrogens with one attached hydrogen (secondary N) is 2. The van der Waals surface area contributed by atoms with Crippen LogP contribution in [0.2, 0.25) is 0 Å². The molecule has 3 atom stereocenters. The standard InChI is InChI=1S/C13H22N4O2/c1-3-8(2)15-13(18)19-10-5-4-9(6-10)11-7-12(14)17-16-11/h7-10H,3-6H2,1-2H3,(H,15,18)(H3,14,16,17)/t8-,9+,10-/m0/s1. The van der Waals surface area contributed by atoms with Crippen LogP contribution in [-0.4, -0.2) is 28.4 Å². The van der Waals surface area contributed by atoms with Crippen molar-refractivity contribution in [1.82, 2.24) is 15.5 Å². The number of nitrogens with two attached hydrogens (primary N) is 1. The van der Waals surface area contributed by atoms with Gasteiger partial charge in [-0.1, -0.05) is 6.92 Å². The number of carbonyl (C=O) groups excluding carboxylic acids is 1. The fraction of sp³-hybridized carbons (Fsp3) is 0.692. The minimum atomic E-state index is -0.316. The van der Waals surface area contributed by atoms with Crippen molar-refractivity contribution >= 4 is 11.9 Å². The third kappa shape index (κ3) is 3.62. The Morgan fingerprint density at radius 3 is 3.11 bits per heavy atom. The molecular weight excluding hydrogens is 244 g/mol. The highest BCUT2D eigenvalue weighted by molar-refractivity contribution is 5.67. The van der Waals surface area contributed by atoms with E-state index in [4.69, 9.17) is 10.5 Å². The van der Waals surface area contributed by atoms with Gasteiger partial charge in [0, 0.05) is 23.7 Å². The molecule has 0 unspecified atom stereocenters.